The van der Waals surface area contributed by atoms with Crippen molar-refractivity contribution in [3.8, 4) is 0 Å². The van der Waals surface area contributed by atoms with Crippen LogP contribution in [0.5, 0.6) is 0 Å². The number of rotatable bonds is 3. The van der Waals surface area contributed by atoms with Crippen LogP contribution in [0, 0.1) is 19.8 Å². The molecule has 1 aromatic rings. The molecule has 1 fully saturated rings. The molecule has 0 amide bonds. The molecular weight excluding hydrogens is 224 g/mol. The Morgan fingerprint density at radius 1 is 1.39 bits per heavy atom. The van der Waals surface area contributed by atoms with Crippen molar-refractivity contribution in [2.45, 2.75) is 53.2 Å². The van der Waals surface area contributed by atoms with Crippen LogP contribution in [-0.2, 0) is 6.54 Å². The lowest BCUT2D eigenvalue weighted by molar-refractivity contribution is 0.252. The van der Waals surface area contributed by atoms with Gasteiger partial charge in [-0.05, 0) is 33.6 Å². The lowest BCUT2D eigenvalue weighted by atomic mass is 10.1. The van der Waals surface area contributed by atoms with Gasteiger partial charge in [0.15, 0.2) is 0 Å². The van der Waals surface area contributed by atoms with E-state index < -0.39 is 0 Å². The maximum Gasteiger partial charge on any atom is 0.0644 e. The van der Waals surface area contributed by atoms with Crippen LogP contribution < -0.4 is 5.73 Å². The first-order valence-corrected chi connectivity index (χ1v) is 6.99. The molecule has 102 valence electrons. The highest BCUT2D eigenvalue weighted by Crippen LogP contribution is 2.30. The zero-order valence-corrected chi connectivity index (χ0v) is 12.3. The monoisotopic (exact) mass is 250 g/mol. The Kier molecular flexibility index (Phi) is 3.78. The van der Waals surface area contributed by atoms with Gasteiger partial charge in [-0.15, -0.1) is 0 Å². The summed E-state index contributed by atoms with van der Waals surface area (Å²) in [5, 5.41) is 4.62. The third kappa shape index (κ3) is 2.19. The van der Waals surface area contributed by atoms with Crippen LogP contribution in [0.1, 0.15) is 43.8 Å². The summed E-state index contributed by atoms with van der Waals surface area (Å²) in [5.74, 6) is 0.592. The molecule has 1 saturated heterocycles. The fourth-order valence-corrected chi connectivity index (χ4v) is 3.15. The zero-order valence-electron chi connectivity index (χ0n) is 12.3. The number of hydrogen-bond donors (Lipinski definition) is 1. The summed E-state index contributed by atoms with van der Waals surface area (Å²) in [4.78, 5) is 2.49. The number of nitrogens with zero attached hydrogens (tertiary/aromatic N) is 3. The fraction of sp³-hybridized carbons (Fsp3) is 0.786. The van der Waals surface area contributed by atoms with Crippen LogP contribution >= 0.6 is 0 Å². The minimum atomic E-state index is 0.314. The van der Waals surface area contributed by atoms with Crippen molar-refractivity contribution < 1.29 is 0 Å². The molecule has 0 spiro atoms. The Morgan fingerprint density at radius 3 is 2.50 bits per heavy atom. The number of hydrogen-bond acceptors (Lipinski definition) is 3. The van der Waals surface area contributed by atoms with Gasteiger partial charge >= 0.3 is 0 Å². The highest BCUT2D eigenvalue weighted by Gasteiger charge is 2.32. The van der Waals surface area contributed by atoms with Crippen molar-refractivity contribution in [1.82, 2.24) is 14.7 Å². The first-order valence-electron chi connectivity index (χ1n) is 6.99. The molecule has 1 aliphatic heterocycles. The van der Waals surface area contributed by atoms with E-state index in [9.17, 15) is 0 Å². The van der Waals surface area contributed by atoms with Gasteiger partial charge < -0.3 is 5.73 Å². The minimum Gasteiger partial charge on any atom is -0.326 e. The average molecular weight is 250 g/mol. The molecule has 0 aromatic carbocycles. The van der Waals surface area contributed by atoms with E-state index in [0.717, 1.165) is 25.3 Å². The zero-order chi connectivity index (χ0) is 13.4. The van der Waals surface area contributed by atoms with Crippen LogP contribution in [-0.4, -0.2) is 33.8 Å². The van der Waals surface area contributed by atoms with Crippen molar-refractivity contribution in [3.05, 3.63) is 17.0 Å². The van der Waals surface area contributed by atoms with Gasteiger partial charge in [-0.2, -0.15) is 5.10 Å². The molecule has 1 aromatic heterocycles. The smallest absolute Gasteiger partial charge is 0.0644 e. The predicted octanol–water partition coefficient (Wildman–Crippen LogP) is 1.86. The van der Waals surface area contributed by atoms with E-state index in [-0.39, 0.29) is 0 Å². The van der Waals surface area contributed by atoms with E-state index in [0.29, 0.717) is 18.0 Å². The van der Waals surface area contributed by atoms with Crippen molar-refractivity contribution in [1.29, 1.82) is 0 Å². The predicted molar refractivity (Wildman–Crippen MR) is 74.5 cm³/mol. The molecular formula is C14H26N4. The van der Waals surface area contributed by atoms with Crippen LogP contribution in [0.25, 0.3) is 0 Å². The molecule has 2 N–H and O–H groups in total. The summed E-state index contributed by atoms with van der Waals surface area (Å²) in [5.41, 5.74) is 9.98. The summed E-state index contributed by atoms with van der Waals surface area (Å²) in [6.07, 6.45) is 0. The van der Waals surface area contributed by atoms with E-state index in [4.69, 9.17) is 5.73 Å². The Balaban J connectivity index is 2.24. The van der Waals surface area contributed by atoms with E-state index >= 15 is 0 Å². The number of aryl methyl sites for hydroxylation is 2. The molecule has 0 bridgehead atoms. The molecule has 2 heterocycles. The fourth-order valence-electron chi connectivity index (χ4n) is 3.15. The molecule has 0 saturated carbocycles. The van der Waals surface area contributed by atoms with Crippen LogP contribution in [0.15, 0.2) is 0 Å². The Morgan fingerprint density at radius 2 is 2.06 bits per heavy atom. The van der Waals surface area contributed by atoms with Gasteiger partial charge in [0.25, 0.3) is 0 Å². The van der Waals surface area contributed by atoms with Crippen molar-refractivity contribution in [2.75, 3.05) is 13.1 Å². The van der Waals surface area contributed by atoms with Crippen LogP contribution in [0.4, 0.5) is 0 Å². The maximum absolute atomic E-state index is 6.13. The number of aromatic nitrogens is 2. The second kappa shape index (κ2) is 5.02. The topological polar surface area (TPSA) is 47.1 Å². The molecule has 0 aliphatic carbocycles. The van der Waals surface area contributed by atoms with Crippen molar-refractivity contribution in [2.24, 2.45) is 11.7 Å². The second-order valence-corrected chi connectivity index (χ2v) is 5.67. The lowest BCUT2D eigenvalue weighted by Crippen LogP contribution is -2.30. The molecule has 1 aliphatic rings. The van der Waals surface area contributed by atoms with Gasteiger partial charge in [-0.3, -0.25) is 9.58 Å². The molecule has 0 radical (unpaired) electrons. The largest absolute Gasteiger partial charge is 0.326 e. The first-order chi connectivity index (χ1) is 8.45. The lowest BCUT2D eigenvalue weighted by Gasteiger charge is -2.24. The van der Waals surface area contributed by atoms with E-state index in [2.05, 4.69) is 49.3 Å². The summed E-state index contributed by atoms with van der Waals surface area (Å²) in [6.45, 7) is 14.0. The normalized spacial score (nSPS) is 26.8. The molecule has 4 nitrogen and oxygen atoms in total. The Bertz CT molecular complexity index is 414. The van der Waals surface area contributed by atoms with E-state index in [1.807, 2.05) is 0 Å². The number of nitrogens with two attached hydrogens (primary N) is 1. The highest BCUT2D eigenvalue weighted by molar-refractivity contribution is 5.28. The molecule has 3 atom stereocenters. The van der Waals surface area contributed by atoms with Crippen LogP contribution in [0.3, 0.4) is 0 Å². The third-order valence-electron chi connectivity index (χ3n) is 4.40. The number of likely N-dealkylation sites (tertiary alicyclic amines) is 1. The Labute approximate surface area is 110 Å². The first kappa shape index (κ1) is 13.6. The van der Waals surface area contributed by atoms with Gasteiger partial charge in [0.05, 0.1) is 5.69 Å². The summed E-state index contributed by atoms with van der Waals surface area (Å²) in [7, 11) is 0. The molecule has 2 rings (SSSR count). The third-order valence-corrected chi connectivity index (χ3v) is 4.40. The van der Waals surface area contributed by atoms with Crippen molar-refractivity contribution in [3.63, 3.8) is 0 Å². The maximum atomic E-state index is 6.13. The summed E-state index contributed by atoms with van der Waals surface area (Å²) in [6, 6.07) is 0.732. The SMILES string of the molecule is CCn1nc(C)c(C(C)N2CC(C)C(N)C2)c1C. The van der Waals surface area contributed by atoms with E-state index in [1.54, 1.807) is 0 Å². The van der Waals surface area contributed by atoms with Gasteiger partial charge in [0.1, 0.15) is 0 Å². The van der Waals surface area contributed by atoms with Gasteiger partial charge in [-0.1, -0.05) is 6.92 Å². The van der Waals surface area contributed by atoms with Crippen molar-refractivity contribution >= 4 is 0 Å². The second-order valence-electron chi connectivity index (χ2n) is 5.67. The Hall–Kier alpha value is -0.870. The summed E-state index contributed by atoms with van der Waals surface area (Å²) < 4.78 is 2.10. The quantitative estimate of drug-likeness (QED) is 0.890. The standard InChI is InChI=1S/C14H26N4/c1-6-18-12(5)14(10(3)16-18)11(4)17-7-9(2)13(15)8-17/h9,11,13H,6-8,15H2,1-5H3. The molecule has 3 unspecified atom stereocenters. The molecule has 18 heavy (non-hydrogen) atoms. The molecule has 4 heteroatoms. The minimum absolute atomic E-state index is 0.314. The van der Waals surface area contributed by atoms with Gasteiger partial charge in [0.2, 0.25) is 0 Å². The van der Waals surface area contributed by atoms with Crippen LogP contribution in [0.2, 0.25) is 0 Å². The highest BCUT2D eigenvalue weighted by atomic mass is 15.3. The summed E-state index contributed by atoms with van der Waals surface area (Å²) >= 11 is 0. The van der Waals surface area contributed by atoms with Gasteiger partial charge in [-0.25, -0.2) is 0 Å². The van der Waals surface area contributed by atoms with Gasteiger partial charge in [0, 0.05) is 43.0 Å². The van der Waals surface area contributed by atoms with E-state index in [1.165, 1.54) is 11.3 Å². The average Bonchev–Trinajstić information content (AvgIpc) is 2.80.